The first-order valence-electron chi connectivity index (χ1n) is 7.29. The summed E-state index contributed by atoms with van der Waals surface area (Å²) < 4.78 is 42.0. The molecule has 1 aromatic heterocycles. The molecule has 0 fully saturated rings. The largest absolute Gasteiger partial charge is 0.509 e. The van der Waals surface area contributed by atoms with Crippen LogP contribution in [0.4, 0.5) is 18.9 Å². The van der Waals surface area contributed by atoms with Gasteiger partial charge in [0.25, 0.3) is 5.91 Å². The molecule has 4 rings (SSSR count). The van der Waals surface area contributed by atoms with Gasteiger partial charge in [-0.3, -0.25) is 4.79 Å². The second-order valence-electron chi connectivity index (χ2n) is 5.53. The molecule has 1 aliphatic rings. The van der Waals surface area contributed by atoms with Gasteiger partial charge in [-0.15, -0.1) is 0 Å². The maximum Gasteiger partial charge on any atom is 0.263 e. The number of hydrogen-bond acceptors (Lipinski definition) is 3. The van der Waals surface area contributed by atoms with Gasteiger partial charge in [-0.25, -0.2) is 18.2 Å². The van der Waals surface area contributed by atoms with Crippen LogP contribution < -0.4 is 5.32 Å². The highest BCUT2D eigenvalue weighted by molar-refractivity contribution is 6.26. The smallest absolute Gasteiger partial charge is 0.263 e. The van der Waals surface area contributed by atoms with E-state index in [4.69, 9.17) is 0 Å². The SMILES string of the molecule is O=C(Nc1c(F)cc(F)cc1F)C1=C(O)Cn2c1nc1ccccc12. The van der Waals surface area contributed by atoms with Gasteiger partial charge >= 0.3 is 0 Å². The Labute approximate surface area is 139 Å². The summed E-state index contributed by atoms with van der Waals surface area (Å²) in [6.45, 7) is 0.0208. The Morgan fingerprint density at radius 2 is 1.84 bits per heavy atom. The lowest BCUT2D eigenvalue weighted by molar-refractivity contribution is -0.111. The Bertz CT molecular complexity index is 1050. The number of imidazole rings is 1. The number of aliphatic hydroxyl groups excluding tert-OH is 1. The topological polar surface area (TPSA) is 67.2 Å². The van der Waals surface area contributed by atoms with Crippen molar-refractivity contribution >= 4 is 28.2 Å². The number of benzene rings is 2. The van der Waals surface area contributed by atoms with Gasteiger partial charge in [0.15, 0.2) is 17.5 Å². The third-order valence-electron chi connectivity index (χ3n) is 3.95. The number of nitrogens with one attached hydrogen (secondary N) is 1. The van der Waals surface area contributed by atoms with E-state index < -0.39 is 29.0 Å². The van der Waals surface area contributed by atoms with Gasteiger partial charge in [0, 0.05) is 12.1 Å². The summed E-state index contributed by atoms with van der Waals surface area (Å²) in [6.07, 6.45) is 0. The van der Waals surface area contributed by atoms with Crippen molar-refractivity contribution in [1.82, 2.24) is 9.55 Å². The van der Waals surface area contributed by atoms with Gasteiger partial charge in [0.2, 0.25) is 0 Å². The highest BCUT2D eigenvalue weighted by atomic mass is 19.1. The van der Waals surface area contributed by atoms with Crippen molar-refractivity contribution in [3.8, 4) is 0 Å². The molecule has 0 spiro atoms. The molecule has 0 saturated carbocycles. The number of carbonyl (C=O) groups excluding carboxylic acids is 1. The van der Waals surface area contributed by atoms with Crippen LogP contribution in [-0.4, -0.2) is 20.6 Å². The van der Waals surface area contributed by atoms with Crippen molar-refractivity contribution in [2.24, 2.45) is 0 Å². The molecule has 2 heterocycles. The van der Waals surface area contributed by atoms with Crippen LogP contribution in [0.15, 0.2) is 42.2 Å². The third kappa shape index (κ3) is 2.34. The van der Waals surface area contributed by atoms with E-state index in [1.165, 1.54) is 0 Å². The zero-order chi connectivity index (χ0) is 17.7. The van der Waals surface area contributed by atoms with E-state index in [9.17, 15) is 23.1 Å². The monoisotopic (exact) mass is 345 g/mol. The fourth-order valence-electron chi connectivity index (χ4n) is 2.85. The normalized spacial score (nSPS) is 13.4. The molecular weight excluding hydrogens is 335 g/mol. The molecule has 0 unspecified atom stereocenters. The van der Waals surface area contributed by atoms with E-state index in [1.807, 2.05) is 5.32 Å². The van der Waals surface area contributed by atoms with E-state index in [0.29, 0.717) is 23.2 Å². The first kappa shape index (κ1) is 15.3. The van der Waals surface area contributed by atoms with Gasteiger partial charge in [-0.1, -0.05) is 12.1 Å². The molecule has 1 aliphatic heterocycles. The minimum atomic E-state index is -1.25. The van der Waals surface area contributed by atoms with Gasteiger partial charge < -0.3 is 15.0 Å². The molecule has 0 bridgehead atoms. The van der Waals surface area contributed by atoms with Crippen molar-refractivity contribution in [2.45, 2.75) is 6.54 Å². The minimum Gasteiger partial charge on any atom is -0.509 e. The summed E-state index contributed by atoms with van der Waals surface area (Å²) in [5, 5.41) is 12.1. The molecular formula is C17H10F3N3O2. The van der Waals surface area contributed by atoms with Crippen molar-refractivity contribution < 1.29 is 23.1 Å². The molecule has 0 saturated heterocycles. The van der Waals surface area contributed by atoms with Crippen molar-refractivity contribution in [3.63, 3.8) is 0 Å². The van der Waals surface area contributed by atoms with Gasteiger partial charge in [-0.2, -0.15) is 0 Å². The van der Waals surface area contributed by atoms with Gasteiger partial charge in [0.1, 0.15) is 22.8 Å². The van der Waals surface area contributed by atoms with E-state index >= 15 is 0 Å². The zero-order valence-corrected chi connectivity index (χ0v) is 12.6. The Balaban J connectivity index is 1.74. The van der Waals surface area contributed by atoms with Crippen LogP contribution in [0.1, 0.15) is 5.82 Å². The summed E-state index contributed by atoms with van der Waals surface area (Å²) in [5.74, 6) is -4.61. The lowest BCUT2D eigenvalue weighted by atomic mass is 10.2. The number of allylic oxidation sites excluding steroid dienone is 1. The Morgan fingerprint density at radius 1 is 1.16 bits per heavy atom. The molecule has 0 atom stereocenters. The van der Waals surface area contributed by atoms with E-state index in [0.717, 1.165) is 0 Å². The van der Waals surface area contributed by atoms with Crippen molar-refractivity contribution in [3.05, 3.63) is 65.4 Å². The quantitative estimate of drug-likeness (QED) is 0.748. The van der Waals surface area contributed by atoms with Crippen LogP contribution in [0.2, 0.25) is 0 Å². The number of anilines is 1. The number of rotatable bonds is 2. The second-order valence-corrected chi connectivity index (χ2v) is 5.53. The fraction of sp³-hybridized carbons (Fsp3) is 0.0588. The van der Waals surface area contributed by atoms with Crippen LogP contribution in [-0.2, 0) is 11.3 Å². The van der Waals surface area contributed by atoms with Gasteiger partial charge in [-0.05, 0) is 12.1 Å². The molecule has 126 valence electrons. The first-order chi connectivity index (χ1) is 12.0. The van der Waals surface area contributed by atoms with Crippen LogP contribution in [0.5, 0.6) is 0 Å². The van der Waals surface area contributed by atoms with Crippen LogP contribution >= 0.6 is 0 Å². The standard InChI is InChI=1S/C17H10F3N3O2/c18-8-5-9(19)15(10(20)6-8)22-17(25)14-13(24)7-23-12-4-2-1-3-11(12)21-16(14)23/h1-6,24H,7H2,(H,22,25). The fourth-order valence-corrected chi connectivity index (χ4v) is 2.85. The number of para-hydroxylation sites is 2. The highest BCUT2D eigenvalue weighted by Gasteiger charge is 2.31. The predicted octanol–water partition coefficient (Wildman–Crippen LogP) is 3.38. The van der Waals surface area contributed by atoms with E-state index in [-0.39, 0.29) is 23.7 Å². The summed E-state index contributed by atoms with van der Waals surface area (Å²) >= 11 is 0. The molecule has 8 heteroatoms. The zero-order valence-electron chi connectivity index (χ0n) is 12.6. The number of halogens is 3. The van der Waals surface area contributed by atoms with Crippen LogP contribution in [0, 0.1) is 17.5 Å². The Hall–Kier alpha value is -3.29. The molecule has 2 aromatic carbocycles. The summed E-state index contributed by atoms with van der Waals surface area (Å²) in [7, 11) is 0. The van der Waals surface area contributed by atoms with Crippen molar-refractivity contribution in [1.29, 1.82) is 0 Å². The lowest BCUT2D eigenvalue weighted by Gasteiger charge is -2.08. The minimum absolute atomic E-state index is 0.0208. The van der Waals surface area contributed by atoms with Crippen molar-refractivity contribution in [2.75, 3.05) is 5.32 Å². The van der Waals surface area contributed by atoms with Crippen LogP contribution in [0.3, 0.4) is 0 Å². The van der Waals surface area contributed by atoms with E-state index in [1.54, 1.807) is 28.8 Å². The summed E-state index contributed by atoms with van der Waals surface area (Å²) in [6, 6.07) is 7.99. The summed E-state index contributed by atoms with van der Waals surface area (Å²) in [4.78, 5) is 16.7. The molecule has 2 N–H and O–H groups in total. The molecule has 0 radical (unpaired) electrons. The van der Waals surface area contributed by atoms with Gasteiger partial charge in [0.05, 0.1) is 17.6 Å². The maximum atomic E-state index is 13.7. The number of fused-ring (bicyclic) bond motifs is 3. The maximum absolute atomic E-state index is 13.7. The summed E-state index contributed by atoms with van der Waals surface area (Å²) in [5.41, 5.74) is 0.362. The Kier molecular flexibility index (Phi) is 3.28. The average Bonchev–Trinajstić information content (AvgIpc) is 3.05. The first-order valence-corrected chi connectivity index (χ1v) is 7.29. The average molecular weight is 345 g/mol. The number of carbonyl (C=O) groups is 1. The molecule has 0 aliphatic carbocycles. The number of nitrogens with zero attached hydrogens (tertiary/aromatic N) is 2. The number of aromatic nitrogens is 2. The Morgan fingerprint density at radius 3 is 2.56 bits per heavy atom. The number of amides is 1. The third-order valence-corrected chi connectivity index (χ3v) is 3.95. The number of hydrogen-bond donors (Lipinski definition) is 2. The lowest BCUT2D eigenvalue weighted by Crippen LogP contribution is -2.17. The number of aliphatic hydroxyl groups is 1. The highest BCUT2D eigenvalue weighted by Crippen LogP contribution is 2.31. The predicted molar refractivity (Wildman–Crippen MR) is 84.2 cm³/mol. The molecule has 3 aromatic rings. The molecule has 1 amide bonds. The molecule has 5 nitrogen and oxygen atoms in total. The van der Waals surface area contributed by atoms with Crippen LogP contribution in [0.25, 0.3) is 16.6 Å². The molecule has 25 heavy (non-hydrogen) atoms. The second kappa shape index (κ2) is 5.37. The van der Waals surface area contributed by atoms with E-state index in [2.05, 4.69) is 4.98 Å².